The zero-order valence-corrected chi connectivity index (χ0v) is 12.2. The van der Waals surface area contributed by atoms with Crippen molar-refractivity contribution in [2.45, 2.75) is 25.1 Å². The van der Waals surface area contributed by atoms with Crippen LogP contribution in [0, 0.1) is 0 Å². The fraction of sp³-hybridized carbons (Fsp3) is 0.286. The van der Waals surface area contributed by atoms with E-state index in [1.54, 1.807) is 4.68 Å². The Labute approximate surface area is 133 Å². The lowest BCUT2D eigenvalue weighted by Gasteiger charge is -2.08. The average molecular weight is 336 g/mol. The number of anilines is 1. The first kappa shape index (κ1) is 14.7. The number of alkyl halides is 3. The molecule has 0 unspecified atom stereocenters. The summed E-state index contributed by atoms with van der Waals surface area (Å²) in [6.07, 6.45) is -0.259. The summed E-state index contributed by atoms with van der Waals surface area (Å²) in [5, 5.41) is 4.65. The summed E-state index contributed by atoms with van der Waals surface area (Å²) in [7, 11) is 0. The number of nitrogens with two attached hydrogens (primary N) is 1. The number of fused-ring (bicyclic) bond motifs is 1. The van der Waals surface area contributed by atoms with E-state index in [0.717, 1.165) is 31.2 Å². The number of halogens is 3. The van der Waals surface area contributed by atoms with E-state index in [4.69, 9.17) is 10.5 Å². The molecule has 0 aromatic carbocycles. The molecule has 0 spiro atoms. The molecule has 1 saturated carbocycles. The van der Waals surface area contributed by atoms with Crippen LogP contribution in [0.3, 0.4) is 0 Å². The van der Waals surface area contributed by atoms with Gasteiger partial charge < -0.3 is 10.5 Å². The molecule has 0 bridgehead atoms. The molecule has 0 amide bonds. The number of ether oxygens (including phenoxy) is 1. The number of pyridine rings is 1. The standard InChI is InChI=1S/C14H11F3N6O/c15-14(16,17)7-3-4-19-9(5-7)24-13-10-11(18)20-6-21-12(10)23(22-13)8-1-2-8/h3-6,8H,1-2H2,(H2,18,20,21). The van der Waals surface area contributed by atoms with Crippen molar-refractivity contribution in [1.82, 2.24) is 24.7 Å². The van der Waals surface area contributed by atoms with Crippen molar-refractivity contribution in [3.05, 3.63) is 30.2 Å². The lowest BCUT2D eigenvalue weighted by Crippen LogP contribution is -2.05. The van der Waals surface area contributed by atoms with Gasteiger partial charge in [-0.25, -0.2) is 19.6 Å². The van der Waals surface area contributed by atoms with Crippen molar-refractivity contribution >= 4 is 16.9 Å². The van der Waals surface area contributed by atoms with Crippen molar-refractivity contribution in [2.24, 2.45) is 0 Å². The van der Waals surface area contributed by atoms with Crippen molar-refractivity contribution in [1.29, 1.82) is 0 Å². The maximum Gasteiger partial charge on any atom is 0.416 e. The van der Waals surface area contributed by atoms with Crippen LogP contribution in [0.15, 0.2) is 24.7 Å². The molecular weight excluding hydrogens is 325 g/mol. The molecular formula is C14H11F3N6O. The quantitative estimate of drug-likeness (QED) is 0.790. The SMILES string of the molecule is Nc1ncnc2c1c(Oc1cc(C(F)(F)F)ccn1)nn2C1CC1. The number of hydrogen-bond acceptors (Lipinski definition) is 6. The Kier molecular flexibility index (Phi) is 3.08. The van der Waals surface area contributed by atoms with E-state index < -0.39 is 11.7 Å². The van der Waals surface area contributed by atoms with Gasteiger partial charge in [0.1, 0.15) is 17.5 Å². The van der Waals surface area contributed by atoms with Crippen molar-refractivity contribution in [2.75, 3.05) is 5.73 Å². The van der Waals surface area contributed by atoms with Crippen LogP contribution < -0.4 is 10.5 Å². The number of rotatable bonds is 3. The maximum absolute atomic E-state index is 12.8. The van der Waals surface area contributed by atoms with Crippen molar-refractivity contribution in [3.8, 4) is 11.8 Å². The Bertz CT molecular complexity index is 919. The largest absolute Gasteiger partial charge is 0.418 e. The van der Waals surface area contributed by atoms with Gasteiger partial charge in [-0.15, -0.1) is 5.10 Å². The number of hydrogen-bond donors (Lipinski definition) is 1. The van der Waals surface area contributed by atoms with Crippen LogP contribution in [0.25, 0.3) is 11.0 Å². The van der Waals surface area contributed by atoms with Gasteiger partial charge >= 0.3 is 6.18 Å². The third-order valence-corrected chi connectivity index (χ3v) is 3.64. The van der Waals surface area contributed by atoms with Crippen LogP contribution in [0.5, 0.6) is 11.8 Å². The summed E-state index contributed by atoms with van der Waals surface area (Å²) in [4.78, 5) is 11.8. The predicted molar refractivity (Wildman–Crippen MR) is 77.3 cm³/mol. The van der Waals surface area contributed by atoms with Gasteiger partial charge in [0.2, 0.25) is 5.88 Å². The minimum atomic E-state index is -4.49. The molecule has 1 aliphatic rings. The monoisotopic (exact) mass is 336 g/mol. The third kappa shape index (κ3) is 2.49. The molecule has 1 aliphatic carbocycles. The van der Waals surface area contributed by atoms with Crippen molar-refractivity contribution in [3.63, 3.8) is 0 Å². The second-order valence-corrected chi connectivity index (χ2v) is 5.42. The highest BCUT2D eigenvalue weighted by atomic mass is 19.4. The van der Waals surface area contributed by atoms with Gasteiger partial charge in [0.15, 0.2) is 5.65 Å². The first-order valence-electron chi connectivity index (χ1n) is 7.13. The van der Waals surface area contributed by atoms with Crippen LogP contribution in [-0.4, -0.2) is 24.7 Å². The summed E-state index contributed by atoms with van der Waals surface area (Å²) in [5.41, 5.74) is 5.49. The number of nitrogens with zero attached hydrogens (tertiary/aromatic N) is 5. The van der Waals surface area contributed by atoms with Crippen LogP contribution >= 0.6 is 0 Å². The van der Waals surface area contributed by atoms with Crippen LogP contribution in [-0.2, 0) is 6.18 Å². The second kappa shape index (κ2) is 5.05. The summed E-state index contributed by atoms with van der Waals surface area (Å²) in [5.74, 6) is -0.0360. The van der Waals surface area contributed by atoms with E-state index in [1.807, 2.05) is 0 Å². The predicted octanol–water partition coefficient (Wildman–Crippen LogP) is 2.95. The van der Waals surface area contributed by atoms with E-state index in [2.05, 4.69) is 20.1 Å². The van der Waals surface area contributed by atoms with E-state index >= 15 is 0 Å². The smallest absolute Gasteiger partial charge is 0.416 e. The normalized spacial score (nSPS) is 15.0. The Morgan fingerprint density at radius 3 is 2.71 bits per heavy atom. The zero-order chi connectivity index (χ0) is 16.9. The van der Waals surface area contributed by atoms with Gasteiger partial charge in [-0.05, 0) is 18.9 Å². The maximum atomic E-state index is 12.8. The van der Waals surface area contributed by atoms with Gasteiger partial charge in [0.05, 0.1) is 11.6 Å². The van der Waals surface area contributed by atoms with Gasteiger partial charge in [-0.1, -0.05) is 0 Å². The van der Waals surface area contributed by atoms with Gasteiger partial charge in [0.25, 0.3) is 5.88 Å². The van der Waals surface area contributed by atoms with E-state index in [1.165, 1.54) is 6.33 Å². The van der Waals surface area contributed by atoms with Crippen molar-refractivity contribution < 1.29 is 17.9 Å². The number of nitrogen functional groups attached to an aromatic ring is 1. The van der Waals surface area contributed by atoms with Crippen LogP contribution in [0.2, 0.25) is 0 Å². The molecule has 0 aliphatic heterocycles. The minimum absolute atomic E-state index is 0.0434. The molecule has 3 aromatic rings. The van der Waals surface area contributed by atoms with E-state index in [0.29, 0.717) is 11.0 Å². The molecule has 3 heterocycles. The van der Waals surface area contributed by atoms with E-state index in [-0.39, 0.29) is 23.6 Å². The van der Waals surface area contributed by atoms with E-state index in [9.17, 15) is 13.2 Å². The fourth-order valence-corrected chi connectivity index (χ4v) is 2.35. The average Bonchev–Trinajstić information content (AvgIpc) is 3.30. The molecule has 1 fully saturated rings. The summed E-state index contributed by atoms with van der Waals surface area (Å²) in [6, 6.07) is 1.86. The molecule has 0 saturated heterocycles. The first-order chi connectivity index (χ1) is 11.4. The Morgan fingerprint density at radius 2 is 2.00 bits per heavy atom. The third-order valence-electron chi connectivity index (χ3n) is 3.64. The summed E-state index contributed by atoms with van der Waals surface area (Å²) in [6.45, 7) is 0. The highest BCUT2D eigenvalue weighted by Crippen LogP contribution is 2.40. The fourth-order valence-electron chi connectivity index (χ4n) is 2.35. The molecule has 24 heavy (non-hydrogen) atoms. The number of aromatic nitrogens is 5. The molecule has 10 heteroatoms. The molecule has 0 radical (unpaired) electrons. The molecule has 4 rings (SSSR count). The summed E-state index contributed by atoms with van der Waals surface area (Å²) >= 11 is 0. The van der Waals surface area contributed by atoms with Crippen LogP contribution in [0.1, 0.15) is 24.4 Å². The molecule has 2 N–H and O–H groups in total. The lowest BCUT2D eigenvalue weighted by atomic mass is 10.2. The Morgan fingerprint density at radius 1 is 1.21 bits per heavy atom. The molecule has 7 nitrogen and oxygen atoms in total. The van der Waals surface area contributed by atoms with Gasteiger partial charge in [-0.3, -0.25) is 0 Å². The highest BCUT2D eigenvalue weighted by molar-refractivity contribution is 5.90. The molecule has 124 valence electrons. The summed E-state index contributed by atoms with van der Waals surface area (Å²) < 4.78 is 45.5. The minimum Gasteiger partial charge on any atom is -0.418 e. The Hall–Kier alpha value is -2.91. The first-order valence-corrected chi connectivity index (χ1v) is 7.13. The second-order valence-electron chi connectivity index (χ2n) is 5.42. The topological polar surface area (TPSA) is 91.7 Å². The molecule has 3 aromatic heterocycles. The highest BCUT2D eigenvalue weighted by Gasteiger charge is 2.32. The Balaban J connectivity index is 1.78. The lowest BCUT2D eigenvalue weighted by molar-refractivity contribution is -0.137. The van der Waals surface area contributed by atoms with Gasteiger partial charge in [-0.2, -0.15) is 13.2 Å². The van der Waals surface area contributed by atoms with Gasteiger partial charge in [0, 0.05) is 12.3 Å². The van der Waals surface area contributed by atoms with Crippen LogP contribution in [0.4, 0.5) is 19.0 Å². The molecule has 0 atom stereocenters. The zero-order valence-electron chi connectivity index (χ0n) is 12.2.